The second-order valence-corrected chi connectivity index (χ2v) is 5.17. The van der Waals surface area contributed by atoms with Crippen LogP contribution in [0.5, 0.6) is 0 Å². The summed E-state index contributed by atoms with van der Waals surface area (Å²) in [6.07, 6.45) is 0. The number of nitrogens with one attached hydrogen (secondary N) is 1. The van der Waals surface area contributed by atoms with Gasteiger partial charge in [0.25, 0.3) is 0 Å². The van der Waals surface area contributed by atoms with Crippen molar-refractivity contribution < 1.29 is 5.11 Å². The Balaban J connectivity index is 2.22. The smallest absolute Gasteiger partial charge is 0.0745 e. The quantitative estimate of drug-likeness (QED) is 0.872. The maximum Gasteiger partial charge on any atom is 0.0745 e. The molecular formula is C17H21NO. The van der Waals surface area contributed by atoms with Crippen LogP contribution < -0.4 is 5.32 Å². The molecule has 0 aliphatic heterocycles. The van der Waals surface area contributed by atoms with Gasteiger partial charge in [0.05, 0.1) is 12.6 Å². The number of benzene rings is 2. The fraction of sp³-hybridized carbons (Fsp3) is 0.294. The molecule has 19 heavy (non-hydrogen) atoms. The van der Waals surface area contributed by atoms with E-state index in [-0.39, 0.29) is 12.6 Å². The highest BCUT2D eigenvalue weighted by Gasteiger charge is 2.10. The SMILES string of the molecule is Cc1ccc(NC(CO)c2cc(C)cc(C)c2)cc1. The number of rotatable bonds is 4. The average Bonchev–Trinajstić information content (AvgIpc) is 2.37. The number of hydrogen-bond donors (Lipinski definition) is 2. The third-order valence-corrected chi connectivity index (χ3v) is 3.22. The lowest BCUT2D eigenvalue weighted by atomic mass is 10.0. The zero-order valence-corrected chi connectivity index (χ0v) is 11.8. The Bertz CT molecular complexity index is 525. The molecule has 0 spiro atoms. The Morgan fingerprint density at radius 2 is 1.47 bits per heavy atom. The Morgan fingerprint density at radius 1 is 0.895 bits per heavy atom. The van der Waals surface area contributed by atoms with E-state index in [1.807, 2.05) is 12.1 Å². The van der Waals surface area contributed by atoms with Gasteiger partial charge in [-0.3, -0.25) is 0 Å². The van der Waals surface area contributed by atoms with E-state index in [1.54, 1.807) is 0 Å². The van der Waals surface area contributed by atoms with Crippen molar-refractivity contribution in [1.82, 2.24) is 0 Å². The van der Waals surface area contributed by atoms with Gasteiger partial charge in [-0.05, 0) is 38.5 Å². The number of anilines is 1. The van der Waals surface area contributed by atoms with Crippen molar-refractivity contribution in [3.05, 3.63) is 64.7 Å². The lowest BCUT2D eigenvalue weighted by molar-refractivity contribution is 0.276. The van der Waals surface area contributed by atoms with Gasteiger partial charge in [-0.2, -0.15) is 0 Å². The van der Waals surface area contributed by atoms with Gasteiger partial charge < -0.3 is 10.4 Å². The summed E-state index contributed by atoms with van der Waals surface area (Å²) in [5, 5.41) is 13.0. The van der Waals surface area contributed by atoms with E-state index in [1.165, 1.54) is 16.7 Å². The van der Waals surface area contributed by atoms with Crippen LogP contribution in [-0.2, 0) is 0 Å². The van der Waals surface area contributed by atoms with Gasteiger partial charge in [-0.15, -0.1) is 0 Å². The molecule has 0 aliphatic rings. The Kier molecular flexibility index (Phi) is 4.23. The first-order chi connectivity index (χ1) is 9.08. The molecule has 0 saturated carbocycles. The van der Waals surface area contributed by atoms with Crippen molar-refractivity contribution in [2.45, 2.75) is 26.8 Å². The summed E-state index contributed by atoms with van der Waals surface area (Å²) in [7, 11) is 0. The minimum Gasteiger partial charge on any atom is -0.394 e. The Labute approximate surface area is 115 Å². The first kappa shape index (κ1) is 13.6. The highest BCUT2D eigenvalue weighted by atomic mass is 16.3. The summed E-state index contributed by atoms with van der Waals surface area (Å²) >= 11 is 0. The summed E-state index contributed by atoms with van der Waals surface area (Å²) in [4.78, 5) is 0. The number of hydrogen-bond acceptors (Lipinski definition) is 2. The zero-order valence-electron chi connectivity index (χ0n) is 11.8. The molecule has 2 nitrogen and oxygen atoms in total. The average molecular weight is 255 g/mol. The maximum absolute atomic E-state index is 9.61. The molecule has 2 aromatic rings. The first-order valence-corrected chi connectivity index (χ1v) is 6.61. The van der Waals surface area contributed by atoms with Gasteiger partial charge in [0.1, 0.15) is 0 Å². The fourth-order valence-corrected chi connectivity index (χ4v) is 2.30. The van der Waals surface area contributed by atoms with E-state index in [9.17, 15) is 5.11 Å². The van der Waals surface area contributed by atoms with E-state index in [0.717, 1.165) is 11.3 Å². The topological polar surface area (TPSA) is 32.3 Å². The van der Waals surface area contributed by atoms with E-state index in [4.69, 9.17) is 0 Å². The van der Waals surface area contributed by atoms with Gasteiger partial charge in [-0.25, -0.2) is 0 Å². The minimum absolute atomic E-state index is 0.0682. The number of aliphatic hydroxyl groups is 1. The molecule has 2 heteroatoms. The molecule has 2 N–H and O–H groups in total. The van der Waals surface area contributed by atoms with Crippen LogP contribution in [0.25, 0.3) is 0 Å². The summed E-state index contributed by atoms with van der Waals surface area (Å²) in [6.45, 7) is 6.31. The number of aryl methyl sites for hydroxylation is 3. The van der Waals surface area contributed by atoms with E-state index in [0.29, 0.717) is 0 Å². The van der Waals surface area contributed by atoms with Gasteiger partial charge in [0.2, 0.25) is 0 Å². The third kappa shape index (κ3) is 3.58. The first-order valence-electron chi connectivity index (χ1n) is 6.61. The summed E-state index contributed by atoms with van der Waals surface area (Å²) in [5.41, 5.74) is 5.83. The molecule has 100 valence electrons. The second-order valence-electron chi connectivity index (χ2n) is 5.17. The Hall–Kier alpha value is -1.80. The van der Waals surface area contributed by atoms with E-state index in [2.05, 4.69) is 56.4 Å². The molecule has 0 bridgehead atoms. The van der Waals surface area contributed by atoms with E-state index < -0.39 is 0 Å². The van der Waals surface area contributed by atoms with Gasteiger partial charge in [-0.1, -0.05) is 47.0 Å². The monoisotopic (exact) mass is 255 g/mol. The largest absolute Gasteiger partial charge is 0.394 e. The molecule has 0 radical (unpaired) electrons. The van der Waals surface area contributed by atoms with Crippen LogP contribution in [-0.4, -0.2) is 11.7 Å². The molecule has 0 heterocycles. The van der Waals surface area contributed by atoms with Crippen LogP contribution >= 0.6 is 0 Å². The fourth-order valence-electron chi connectivity index (χ4n) is 2.30. The van der Waals surface area contributed by atoms with Crippen molar-refractivity contribution in [3.63, 3.8) is 0 Å². The standard InChI is InChI=1S/C17H21NO/c1-12-4-6-16(7-5-12)18-17(11-19)15-9-13(2)8-14(3)10-15/h4-10,17-19H,11H2,1-3H3. The summed E-state index contributed by atoms with van der Waals surface area (Å²) in [6, 6.07) is 14.5. The van der Waals surface area contributed by atoms with Crippen molar-refractivity contribution >= 4 is 5.69 Å². The van der Waals surface area contributed by atoms with Gasteiger partial charge in [0, 0.05) is 5.69 Å². The number of aliphatic hydroxyl groups excluding tert-OH is 1. The molecule has 0 fully saturated rings. The second kappa shape index (κ2) is 5.89. The summed E-state index contributed by atoms with van der Waals surface area (Å²) < 4.78 is 0. The normalized spacial score (nSPS) is 12.2. The molecular weight excluding hydrogens is 234 g/mol. The molecule has 0 amide bonds. The van der Waals surface area contributed by atoms with Crippen LogP contribution in [0.1, 0.15) is 28.3 Å². The molecule has 1 unspecified atom stereocenters. The lowest BCUT2D eigenvalue weighted by Gasteiger charge is -2.19. The van der Waals surface area contributed by atoms with Crippen LogP contribution in [0.3, 0.4) is 0 Å². The van der Waals surface area contributed by atoms with E-state index >= 15 is 0 Å². The van der Waals surface area contributed by atoms with Gasteiger partial charge in [0.15, 0.2) is 0 Å². The van der Waals surface area contributed by atoms with Crippen molar-refractivity contribution in [1.29, 1.82) is 0 Å². The van der Waals surface area contributed by atoms with Crippen LogP contribution in [0, 0.1) is 20.8 Å². The maximum atomic E-state index is 9.61. The molecule has 0 saturated heterocycles. The third-order valence-electron chi connectivity index (χ3n) is 3.22. The molecule has 2 aromatic carbocycles. The minimum atomic E-state index is -0.0682. The zero-order chi connectivity index (χ0) is 13.8. The van der Waals surface area contributed by atoms with Crippen molar-refractivity contribution in [3.8, 4) is 0 Å². The predicted molar refractivity (Wildman–Crippen MR) is 80.5 cm³/mol. The highest BCUT2D eigenvalue weighted by molar-refractivity contribution is 5.47. The van der Waals surface area contributed by atoms with Crippen molar-refractivity contribution in [2.75, 3.05) is 11.9 Å². The van der Waals surface area contributed by atoms with Crippen LogP contribution in [0.15, 0.2) is 42.5 Å². The lowest BCUT2D eigenvalue weighted by Crippen LogP contribution is -2.15. The summed E-state index contributed by atoms with van der Waals surface area (Å²) in [5.74, 6) is 0. The highest BCUT2D eigenvalue weighted by Crippen LogP contribution is 2.21. The predicted octanol–water partition coefficient (Wildman–Crippen LogP) is 3.76. The molecule has 0 aromatic heterocycles. The van der Waals surface area contributed by atoms with Gasteiger partial charge >= 0.3 is 0 Å². The molecule has 1 atom stereocenters. The molecule has 0 aliphatic carbocycles. The van der Waals surface area contributed by atoms with Crippen LogP contribution in [0.4, 0.5) is 5.69 Å². The van der Waals surface area contributed by atoms with Crippen LogP contribution in [0.2, 0.25) is 0 Å². The molecule has 2 rings (SSSR count). The van der Waals surface area contributed by atoms with Crippen molar-refractivity contribution in [2.24, 2.45) is 0 Å². The Morgan fingerprint density at radius 3 is 2.00 bits per heavy atom.